The number of ketones is 1. The number of hydrogen-bond acceptors (Lipinski definition) is 3. The van der Waals surface area contributed by atoms with Crippen molar-refractivity contribution in [3.63, 3.8) is 0 Å². The van der Waals surface area contributed by atoms with Gasteiger partial charge in [0, 0.05) is 27.9 Å². The molecule has 90 valence electrons. The molecule has 17 heavy (non-hydrogen) atoms. The Kier molecular flexibility index (Phi) is 3.28. The van der Waals surface area contributed by atoms with E-state index in [-0.39, 0.29) is 18.6 Å². The molecule has 0 saturated heterocycles. The SMILES string of the molecule is COC(=O)CC1CC(=O)c2cc(Br)cc(F)c21. The molecule has 0 spiro atoms. The van der Waals surface area contributed by atoms with E-state index in [1.165, 1.54) is 13.2 Å². The number of fused-ring (bicyclic) bond motifs is 1. The van der Waals surface area contributed by atoms with Crippen molar-refractivity contribution in [2.24, 2.45) is 0 Å². The molecule has 1 unspecified atom stereocenters. The molecule has 0 radical (unpaired) electrons. The molecular formula is C12H10BrFO3. The Bertz CT molecular complexity index is 499. The van der Waals surface area contributed by atoms with E-state index < -0.39 is 17.7 Å². The lowest BCUT2D eigenvalue weighted by molar-refractivity contribution is -0.141. The molecule has 0 fully saturated rings. The maximum Gasteiger partial charge on any atom is 0.306 e. The number of benzene rings is 1. The minimum absolute atomic E-state index is 0.0355. The second kappa shape index (κ2) is 4.56. The Morgan fingerprint density at radius 2 is 2.29 bits per heavy atom. The van der Waals surface area contributed by atoms with E-state index in [4.69, 9.17) is 0 Å². The van der Waals surface area contributed by atoms with Crippen molar-refractivity contribution in [3.8, 4) is 0 Å². The lowest BCUT2D eigenvalue weighted by atomic mass is 9.97. The standard InChI is InChI=1S/C12H10BrFO3/c1-17-11(16)3-6-2-10(15)8-4-7(13)5-9(14)12(6)8/h4-6H,2-3H2,1H3. The van der Waals surface area contributed by atoms with Gasteiger partial charge in [0.05, 0.1) is 13.5 Å². The van der Waals surface area contributed by atoms with Crippen LogP contribution in [-0.4, -0.2) is 18.9 Å². The number of ether oxygens (including phenoxy) is 1. The van der Waals surface area contributed by atoms with Gasteiger partial charge in [-0.25, -0.2) is 4.39 Å². The molecule has 0 N–H and O–H groups in total. The van der Waals surface area contributed by atoms with Gasteiger partial charge in [0.1, 0.15) is 5.82 Å². The molecule has 0 saturated carbocycles. The first-order valence-electron chi connectivity index (χ1n) is 5.12. The monoisotopic (exact) mass is 300 g/mol. The van der Waals surface area contributed by atoms with Crippen LogP contribution in [0.5, 0.6) is 0 Å². The molecule has 1 aliphatic carbocycles. The molecule has 3 nitrogen and oxygen atoms in total. The van der Waals surface area contributed by atoms with Crippen molar-refractivity contribution in [3.05, 3.63) is 33.5 Å². The molecule has 0 amide bonds. The predicted octanol–water partition coefficient (Wildman–Crippen LogP) is 2.82. The molecule has 1 aromatic carbocycles. The molecule has 1 aliphatic rings. The molecular weight excluding hydrogens is 291 g/mol. The number of methoxy groups -OCH3 is 1. The first-order valence-corrected chi connectivity index (χ1v) is 5.91. The zero-order valence-electron chi connectivity index (χ0n) is 9.13. The molecule has 0 aromatic heterocycles. The molecule has 0 bridgehead atoms. The number of carbonyl (C=O) groups is 2. The zero-order valence-corrected chi connectivity index (χ0v) is 10.7. The molecule has 1 atom stereocenters. The summed E-state index contributed by atoms with van der Waals surface area (Å²) in [6.07, 6.45) is 0.200. The average Bonchev–Trinajstić information content (AvgIpc) is 2.55. The smallest absolute Gasteiger partial charge is 0.306 e. The summed E-state index contributed by atoms with van der Waals surface area (Å²) in [5.41, 5.74) is 0.703. The zero-order chi connectivity index (χ0) is 12.6. The van der Waals surface area contributed by atoms with Gasteiger partial charge < -0.3 is 4.74 Å². The number of halogens is 2. The van der Waals surface area contributed by atoms with Crippen LogP contribution >= 0.6 is 15.9 Å². The Morgan fingerprint density at radius 3 is 2.94 bits per heavy atom. The predicted molar refractivity (Wildman–Crippen MR) is 62.4 cm³/mol. The first kappa shape index (κ1) is 12.2. The van der Waals surface area contributed by atoms with Crippen LogP contribution in [-0.2, 0) is 9.53 Å². The summed E-state index contributed by atoms with van der Waals surface area (Å²) < 4.78 is 18.9. The fraction of sp³-hybridized carbons (Fsp3) is 0.333. The highest BCUT2D eigenvalue weighted by Gasteiger charge is 2.34. The minimum atomic E-state index is -0.450. The van der Waals surface area contributed by atoms with Crippen LogP contribution in [0.1, 0.15) is 34.7 Å². The maximum absolute atomic E-state index is 13.8. The van der Waals surface area contributed by atoms with E-state index >= 15 is 0 Å². The third-order valence-electron chi connectivity index (χ3n) is 2.88. The van der Waals surface area contributed by atoms with Gasteiger partial charge in [-0.15, -0.1) is 0 Å². The largest absolute Gasteiger partial charge is 0.469 e. The van der Waals surface area contributed by atoms with Gasteiger partial charge in [0.25, 0.3) is 0 Å². The Balaban J connectivity index is 2.40. The maximum atomic E-state index is 13.8. The summed E-state index contributed by atoms with van der Waals surface area (Å²) in [5.74, 6) is -1.42. The van der Waals surface area contributed by atoms with E-state index in [0.717, 1.165) is 0 Å². The summed E-state index contributed by atoms with van der Waals surface area (Å²) in [6.45, 7) is 0. The van der Waals surface area contributed by atoms with Crippen LogP contribution in [0.25, 0.3) is 0 Å². The number of Topliss-reactive ketones (excluding diaryl/α,β-unsaturated/α-hetero) is 1. The van der Waals surface area contributed by atoms with Crippen LogP contribution in [0.3, 0.4) is 0 Å². The molecule has 2 rings (SSSR count). The van der Waals surface area contributed by atoms with E-state index in [1.54, 1.807) is 6.07 Å². The fourth-order valence-electron chi connectivity index (χ4n) is 2.12. The Labute approximate surface area is 106 Å². The summed E-state index contributed by atoms with van der Waals surface area (Å²) in [7, 11) is 1.28. The van der Waals surface area contributed by atoms with Gasteiger partial charge in [-0.05, 0) is 12.1 Å². The molecule has 1 aromatic rings. The van der Waals surface area contributed by atoms with Crippen molar-refractivity contribution in [2.75, 3.05) is 7.11 Å². The first-order chi connectivity index (χ1) is 8.02. The summed E-state index contributed by atoms with van der Waals surface area (Å²) in [5, 5.41) is 0. The quantitative estimate of drug-likeness (QED) is 0.789. The normalized spacial score (nSPS) is 18.1. The lowest BCUT2D eigenvalue weighted by Gasteiger charge is -2.10. The van der Waals surface area contributed by atoms with Gasteiger partial charge in [-0.3, -0.25) is 9.59 Å². The van der Waals surface area contributed by atoms with Crippen molar-refractivity contribution in [1.82, 2.24) is 0 Å². The highest BCUT2D eigenvalue weighted by atomic mass is 79.9. The highest BCUT2D eigenvalue weighted by Crippen LogP contribution is 2.38. The Hall–Kier alpha value is -1.23. The van der Waals surface area contributed by atoms with Gasteiger partial charge >= 0.3 is 5.97 Å². The van der Waals surface area contributed by atoms with E-state index in [0.29, 0.717) is 15.6 Å². The van der Waals surface area contributed by atoms with Crippen LogP contribution in [0.15, 0.2) is 16.6 Å². The van der Waals surface area contributed by atoms with Crippen LogP contribution in [0, 0.1) is 5.82 Å². The lowest BCUT2D eigenvalue weighted by Crippen LogP contribution is -2.07. The average molecular weight is 301 g/mol. The summed E-state index contributed by atoms with van der Waals surface area (Å²) in [6, 6.07) is 2.90. The summed E-state index contributed by atoms with van der Waals surface area (Å²) in [4.78, 5) is 22.9. The van der Waals surface area contributed by atoms with Gasteiger partial charge in [0.15, 0.2) is 5.78 Å². The van der Waals surface area contributed by atoms with Crippen molar-refractivity contribution in [1.29, 1.82) is 0 Å². The number of rotatable bonds is 2. The third-order valence-corrected chi connectivity index (χ3v) is 3.33. The van der Waals surface area contributed by atoms with Crippen LogP contribution in [0.4, 0.5) is 4.39 Å². The minimum Gasteiger partial charge on any atom is -0.469 e. The van der Waals surface area contributed by atoms with Crippen LogP contribution in [0.2, 0.25) is 0 Å². The van der Waals surface area contributed by atoms with Gasteiger partial charge in [-0.1, -0.05) is 15.9 Å². The third kappa shape index (κ3) is 2.24. The van der Waals surface area contributed by atoms with E-state index in [9.17, 15) is 14.0 Å². The van der Waals surface area contributed by atoms with Crippen molar-refractivity contribution in [2.45, 2.75) is 18.8 Å². The van der Waals surface area contributed by atoms with Gasteiger partial charge in [0.2, 0.25) is 0 Å². The molecule has 0 aliphatic heterocycles. The number of hydrogen-bond donors (Lipinski definition) is 0. The second-order valence-electron chi connectivity index (χ2n) is 3.95. The number of carbonyl (C=O) groups excluding carboxylic acids is 2. The van der Waals surface area contributed by atoms with E-state index in [1.807, 2.05) is 0 Å². The molecule has 0 heterocycles. The van der Waals surface area contributed by atoms with E-state index in [2.05, 4.69) is 20.7 Å². The second-order valence-corrected chi connectivity index (χ2v) is 4.87. The van der Waals surface area contributed by atoms with Crippen molar-refractivity contribution < 1.29 is 18.7 Å². The van der Waals surface area contributed by atoms with Crippen molar-refractivity contribution >= 4 is 27.7 Å². The Morgan fingerprint density at radius 1 is 1.59 bits per heavy atom. The number of esters is 1. The van der Waals surface area contributed by atoms with Crippen LogP contribution < -0.4 is 0 Å². The fourth-order valence-corrected chi connectivity index (χ4v) is 2.55. The van der Waals surface area contributed by atoms with Gasteiger partial charge in [-0.2, -0.15) is 0 Å². The topological polar surface area (TPSA) is 43.4 Å². The molecule has 5 heteroatoms. The summed E-state index contributed by atoms with van der Waals surface area (Å²) >= 11 is 3.14. The highest BCUT2D eigenvalue weighted by molar-refractivity contribution is 9.10.